The number of amides is 1. The molecule has 98 valence electrons. The smallest absolute Gasteiger partial charge is 0.278 e. The Kier molecular flexibility index (Phi) is 3.33. The zero-order chi connectivity index (χ0) is 14.0. The van der Waals surface area contributed by atoms with E-state index in [4.69, 9.17) is 5.73 Å². The highest BCUT2D eigenvalue weighted by molar-refractivity contribution is 6.06. The molecule has 0 bridgehead atoms. The summed E-state index contributed by atoms with van der Waals surface area (Å²) < 4.78 is 1.48. The molecule has 6 nitrogen and oxygen atoms in total. The number of nitrogen functional groups attached to an aromatic ring is 1. The molecule has 1 amide bonds. The van der Waals surface area contributed by atoms with Crippen LogP contribution >= 0.6 is 0 Å². The van der Waals surface area contributed by atoms with Crippen molar-refractivity contribution in [1.82, 2.24) is 9.78 Å². The van der Waals surface area contributed by atoms with Crippen molar-refractivity contribution in [3.8, 4) is 0 Å². The van der Waals surface area contributed by atoms with Gasteiger partial charge in [0.25, 0.3) is 5.91 Å². The minimum Gasteiger partial charge on any atom is -0.396 e. The van der Waals surface area contributed by atoms with Crippen LogP contribution in [0.3, 0.4) is 0 Å². The van der Waals surface area contributed by atoms with E-state index in [1.54, 1.807) is 37.5 Å². The number of ketones is 1. The standard InChI is InChI=1S/C13H14N4O2/c1-8(18)9-3-5-10(6-4-9)15-13(19)12-11(14)7-17(2)16-12/h3-7H,14H2,1-2H3,(H,15,19). The lowest BCUT2D eigenvalue weighted by molar-refractivity contribution is 0.101. The molecule has 0 atom stereocenters. The fourth-order valence-electron chi connectivity index (χ4n) is 1.66. The molecular weight excluding hydrogens is 244 g/mol. The van der Waals surface area contributed by atoms with Crippen LogP contribution in [0, 0.1) is 0 Å². The molecule has 2 rings (SSSR count). The Morgan fingerprint density at radius 1 is 1.26 bits per heavy atom. The third-order valence-corrected chi connectivity index (χ3v) is 2.62. The molecule has 0 aliphatic rings. The summed E-state index contributed by atoms with van der Waals surface area (Å²) in [6.07, 6.45) is 1.56. The van der Waals surface area contributed by atoms with Crippen molar-refractivity contribution >= 4 is 23.1 Å². The predicted molar refractivity (Wildman–Crippen MR) is 72.0 cm³/mol. The van der Waals surface area contributed by atoms with Crippen LogP contribution in [0.5, 0.6) is 0 Å². The van der Waals surface area contributed by atoms with Gasteiger partial charge in [0, 0.05) is 24.5 Å². The summed E-state index contributed by atoms with van der Waals surface area (Å²) in [5, 5.41) is 6.65. The second-order valence-electron chi connectivity index (χ2n) is 4.19. The van der Waals surface area contributed by atoms with Crippen molar-refractivity contribution < 1.29 is 9.59 Å². The van der Waals surface area contributed by atoms with Crippen molar-refractivity contribution in [3.05, 3.63) is 41.7 Å². The van der Waals surface area contributed by atoms with Crippen LogP contribution in [0.1, 0.15) is 27.8 Å². The average molecular weight is 258 g/mol. The number of nitrogens with two attached hydrogens (primary N) is 1. The highest BCUT2D eigenvalue weighted by atomic mass is 16.2. The van der Waals surface area contributed by atoms with Crippen LogP contribution in [0.4, 0.5) is 11.4 Å². The number of nitrogens with zero attached hydrogens (tertiary/aromatic N) is 2. The molecule has 0 radical (unpaired) electrons. The maximum absolute atomic E-state index is 11.9. The number of benzene rings is 1. The largest absolute Gasteiger partial charge is 0.396 e. The van der Waals surface area contributed by atoms with E-state index in [0.717, 1.165) is 0 Å². The van der Waals surface area contributed by atoms with E-state index in [1.807, 2.05) is 0 Å². The molecule has 0 spiro atoms. The van der Waals surface area contributed by atoms with E-state index in [-0.39, 0.29) is 17.4 Å². The third-order valence-electron chi connectivity index (χ3n) is 2.62. The third kappa shape index (κ3) is 2.79. The summed E-state index contributed by atoms with van der Waals surface area (Å²) in [6, 6.07) is 6.63. The van der Waals surface area contributed by atoms with E-state index in [2.05, 4.69) is 10.4 Å². The number of aromatic nitrogens is 2. The highest BCUT2D eigenvalue weighted by Crippen LogP contribution is 2.14. The van der Waals surface area contributed by atoms with Gasteiger partial charge in [0.1, 0.15) is 0 Å². The fourth-order valence-corrected chi connectivity index (χ4v) is 1.66. The number of hydrogen-bond acceptors (Lipinski definition) is 4. The van der Waals surface area contributed by atoms with E-state index < -0.39 is 0 Å². The Morgan fingerprint density at radius 2 is 1.89 bits per heavy atom. The Bertz CT molecular complexity index is 629. The van der Waals surface area contributed by atoms with E-state index >= 15 is 0 Å². The Balaban J connectivity index is 2.15. The second kappa shape index (κ2) is 4.93. The van der Waals surface area contributed by atoms with Crippen LogP contribution in [-0.2, 0) is 7.05 Å². The fraction of sp³-hybridized carbons (Fsp3) is 0.154. The highest BCUT2D eigenvalue weighted by Gasteiger charge is 2.14. The van der Waals surface area contributed by atoms with Gasteiger partial charge < -0.3 is 11.1 Å². The van der Waals surface area contributed by atoms with Gasteiger partial charge in [-0.2, -0.15) is 5.10 Å². The number of anilines is 2. The molecule has 0 unspecified atom stereocenters. The zero-order valence-electron chi connectivity index (χ0n) is 10.7. The number of carbonyl (C=O) groups is 2. The van der Waals surface area contributed by atoms with E-state index in [9.17, 15) is 9.59 Å². The predicted octanol–water partition coefficient (Wildman–Crippen LogP) is 1.46. The van der Waals surface area contributed by atoms with Crippen molar-refractivity contribution in [2.75, 3.05) is 11.1 Å². The minimum absolute atomic E-state index is 0.0214. The Labute approximate surface area is 110 Å². The molecule has 0 aliphatic carbocycles. The number of carbonyl (C=O) groups excluding carboxylic acids is 2. The van der Waals surface area contributed by atoms with Crippen LogP contribution in [0.15, 0.2) is 30.5 Å². The molecule has 6 heteroatoms. The van der Waals surface area contributed by atoms with Crippen molar-refractivity contribution in [1.29, 1.82) is 0 Å². The van der Waals surface area contributed by atoms with Crippen molar-refractivity contribution in [3.63, 3.8) is 0 Å². The molecular formula is C13H14N4O2. The summed E-state index contributed by atoms with van der Waals surface area (Å²) in [5.41, 5.74) is 7.35. The van der Waals surface area contributed by atoms with Gasteiger partial charge in [-0.05, 0) is 31.2 Å². The quantitative estimate of drug-likeness (QED) is 0.815. The van der Waals surface area contributed by atoms with Gasteiger partial charge in [-0.15, -0.1) is 0 Å². The number of Topliss-reactive ketones (excluding diaryl/α,β-unsaturated/α-hetero) is 1. The van der Waals surface area contributed by atoms with Crippen molar-refractivity contribution in [2.45, 2.75) is 6.92 Å². The number of aryl methyl sites for hydroxylation is 1. The van der Waals surface area contributed by atoms with Gasteiger partial charge in [-0.25, -0.2) is 0 Å². The topological polar surface area (TPSA) is 90.0 Å². The van der Waals surface area contributed by atoms with E-state index in [0.29, 0.717) is 16.9 Å². The summed E-state index contributed by atoms with van der Waals surface area (Å²) in [7, 11) is 1.69. The molecule has 0 aliphatic heterocycles. The zero-order valence-corrected chi connectivity index (χ0v) is 10.7. The first kappa shape index (κ1) is 12.8. The molecule has 1 aromatic heterocycles. The van der Waals surface area contributed by atoms with Gasteiger partial charge in [-0.3, -0.25) is 14.3 Å². The number of hydrogen-bond donors (Lipinski definition) is 2. The molecule has 3 N–H and O–H groups in total. The lowest BCUT2D eigenvalue weighted by atomic mass is 10.1. The summed E-state index contributed by atoms with van der Waals surface area (Å²) in [4.78, 5) is 23.1. The van der Waals surface area contributed by atoms with E-state index in [1.165, 1.54) is 11.6 Å². The average Bonchev–Trinajstić information content (AvgIpc) is 2.69. The minimum atomic E-state index is -0.381. The maximum atomic E-state index is 11.9. The molecule has 19 heavy (non-hydrogen) atoms. The molecule has 2 aromatic rings. The van der Waals surface area contributed by atoms with Gasteiger partial charge in [0.05, 0.1) is 5.69 Å². The monoisotopic (exact) mass is 258 g/mol. The normalized spacial score (nSPS) is 10.2. The lowest BCUT2D eigenvalue weighted by Crippen LogP contribution is -2.14. The van der Waals surface area contributed by atoms with Gasteiger partial charge in [0.2, 0.25) is 0 Å². The van der Waals surface area contributed by atoms with Crippen LogP contribution in [-0.4, -0.2) is 21.5 Å². The van der Waals surface area contributed by atoms with Gasteiger partial charge in [0.15, 0.2) is 11.5 Å². The summed E-state index contributed by atoms with van der Waals surface area (Å²) in [5.74, 6) is -0.402. The molecule has 0 fully saturated rings. The van der Waals surface area contributed by atoms with Crippen LogP contribution in [0.25, 0.3) is 0 Å². The molecule has 0 saturated carbocycles. The second-order valence-corrected chi connectivity index (χ2v) is 4.19. The van der Waals surface area contributed by atoms with Gasteiger partial charge in [-0.1, -0.05) is 0 Å². The first-order chi connectivity index (χ1) is 8.97. The summed E-state index contributed by atoms with van der Waals surface area (Å²) in [6.45, 7) is 1.49. The Morgan fingerprint density at radius 3 is 2.37 bits per heavy atom. The summed E-state index contributed by atoms with van der Waals surface area (Å²) >= 11 is 0. The molecule has 1 heterocycles. The van der Waals surface area contributed by atoms with Gasteiger partial charge >= 0.3 is 0 Å². The maximum Gasteiger partial charge on any atom is 0.278 e. The molecule has 0 saturated heterocycles. The van der Waals surface area contributed by atoms with Crippen LogP contribution < -0.4 is 11.1 Å². The first-order valence-electron chi connectivity index (χ1n) is 5.69. The molecule has 1 aromatic carbocycles. The lowest BCUT2D eigenvalue weighted by Gasteiger charge is -2.04. The number of nitrogens with one attached hydrogen (secondary N) is 1. The first-order valence-corrected chi connectivity index (χ1v) is 5.69. The SMILES string of the molecule is CC(=O)c1ccc(NC(=O)c2nn(C)cc2N)cc1. The van der Waals surface area contributed by atoms with Crippen molar-refractivity contribution in [2.24, 2.45) is 7.05 Å². The van der Waals surface area contributed by atoms with Crippen LogP contribution in [0.2, 0.25) is 0 Å². The Hall–Kier alpha value is -2.63. The number of rotatable bonds is 3.